The van der Waals surface area contributed by atoms with Crippen LogP contribution in [-0.4, -0.2) is 56.2 Å². The molecule has 1 N–H and O–H groups in total. The normalized spacial score (nSPS) is 20.8. The fourth-order valence-corrected chi connectivity index (χ4v) is 3.00. The predicted molar refractivity (Wildman–Crippen MR) is 79.1 cm³/mol. The van der Waals surface area contributed by atoms with Crippen LogP contribution in [0.5, 0.6) is 0 Å². The SMILES string of the molecule is COC(=O)C1COCCN1CC(=O)NC(C)c1cccs1. The van der Waals surface area contributed by atoms with Gasteiger partial charge in [-0.25, -0.2) is 0 Å². The van der Waals surface area contributed by atoms with Crippen molar-refractivity contribution < 1.29 is 19.1 Å². The van der Waals surface area contributed by atoms with Gasteiger partial charge in [0.25, 0.3) is 0 Å². The van der Waals surface area contributed by atoms with E-state index in [-0.39, 0.29) is 31.1 Å². The highest BCUT2D eigenvalue weighted by Crippen LogP contribution is 2.18. The van der Waals surface area contributed by atoms with Crippen molar-refractivity contribution in [3.63, 3.8) is 0 Å². The Bertz CT molecular complexity index is 477. The fourth-order valence-electron chi connectivity index (χ4n) is 2.26. The first-order valence-corrected chi connectivity index (χ1v) is 7.72. The first-order valence-electron chi connectivity index (χ1n) is 6.84. The molecule has 0 aliphatic carbocycles. The number of nitrogens with one attached hydrogen (secondary N) is 1. The largest absolute Gasteiger partial charge is 0.468 e. The summed E-state index contributed by atoms with van der Waals surface area (Å²) in [5.41, 5.74) is 0. The van der Waals surface area contributed by atoms with Gasteiger partial charge >= 0.3 is 5.97 Å². The summed E-state index contributed by atoms with van der Waals surface area (Å²) in [4.78, 5) is 26.7. The standard InChI is InChI=1S/C14H20N2O4S/c1-10(12-4-3-7-21-12)15-13(17)8-16-5-6-20-9-11(16)14(18)19-2/h3-4,7,10-11H,5-6,8-9H2,1-2H3,(H,15,17). The molecule has 2 unspecified atom stereocenters. The third kappa shape index (κ3) is 4.26. The molecular formula is C14H20N2O4S. The van der Waals surface area contributed by atoms with Crippen molar-refractivity contribution in [1.29, 1.82) is 0 Å². The maximum atomic E-state index is 12.1. The maximum Gasteiger partial charge on any atom is 0.325 e. The van der Waals surface area contributed by atoms with Gasteiger partial charge in [0.1, 0.15) is 6.04 Å². The molecule has 1 aromatic heterocycles. The number of esters is 1. The summed E-state index contributed by atoms with van der Waals surface area (Å²) in [6.45, 7) is 3.43. The molecule has 21 heavy (non-hydrogen) atoms. The van der Waals surface area contributed by atoms with Crippen LogP contribution < -0.4 is 5.32 Å². The second kappa shape index (κ2) is 7.53. The predicted octanol–water partition coefficient (Wildman–Crippen LogP) is 0.799. The van der Waals surface area contributed by atoms with Gasteiger partial charge in [0.15, 0.2) is 0 Å². The van der Waals surface area contributed by atoms with Crippen molar-refractivity contribution in [2.24, 2.45) is 0 Å². The summed E-state index contributed by atoms with van der Waals surface area (Å²) in [6.07, 6.45) is 0. The van der Waals surface area contributed by atoms with Gasteiger partial charge in [0, 0.05) is 11.4 Å². The van der Waals surface area contributed by atoms with Crippen LogP contribution in [0, 0.1) is 0 Å². The van der Waals surface area contributed by atoms with Gasteiger partial charge in [-0.3, -0.25) is 14.5 Å². The summed E-state index contributed by atoms with van der Waals surface area (Å²) in [7, 11) is 1.34. The number of ether oxygens (including phenoxy) is 2. The van der Waals surface area contributed by atoms with E-state index in [4.69, 9.17) is 9.47 Å². The van der Waals surface area contributed by atoms with Crippen molar-refractivity contribution in [1.82, 2.24) is 10.2 Å². The van der Waals surface area contributed by atoms with Crippen LogP contribution >= 0.6 is 11.3 Å². The third-order valence-corrected chi connectivity index (χ3v) is 4.46. The number of carbonyl (C=O) groups excluding carboxylic acids is 2. The highest BCUT2D eigenvalue weighted by atomic mass is 32.1. The zero-order chi connectivity index (χ0) is 15.2. The molecular weight excluding hydrogens is 292 g/mol. The molecule has 0 aromatic carbocycles. The average Bonchev–Trinajstić information content (AvgIpc) is 3.01. The molecule has 2 rings (SSSR count). The molecule has 2 heterocycles. The Morgan fingerprint density at radius 1 is 1.62 bits per heavy atom. The van der Waals surface area contributed by atoms with Gasteiger partial charge in [-0.15, -0.1) is 11.3 Å². The van der Waals surface area contributed by atoms with Crippen LogP contribution in [0.25, 0.3) is 0 Å². The number of amides is 1. The van der Waals surface area contributed by atoms with Crippen molar-refractivity contribution in [2.75, 3.05) is 33.4 Å². The second-order valence-corrected chi connectivity index (χ2v) is 5.87. The summed E-state index contributed by atoms with van der Waals surface area (Å²) >= 11 is 1.61. The maximum absolute atomic E-state index is 12.1. The van der Waals surface area contributed by atoms with Crippen molar-refractivity contribution in [3.8, 4) is 0 Å². The Labute approximate surface area is 128 Å². The van der Waals surface area contributed by atoms with Gasteiger partial charge in [-0.1, -0.05) is 6.07 Å². The summed E-state index contributed by atoms with van der Waals surface area (Å²) in [5.74, 6) is -0.472. The van der Waals surface area contributed by atoms with Gasteiger partial charge in [-0.2, -0.15) is 0 Å². The van der Waals surface area contributed by atoms with E-state index in [0.29, 0.717) is 13.2 Å². The Balaban J connectivity index is 1.89. The van der Waals surface area contributed by atoms with E-state index in [2.05, 4.69) is 5.32 Å². The minimum Gasteiger partial charge on any atom is -0.468 e. The zero-order valence-electron chi connectivity index (χ0n) is 12.2. The number of thiophene rings is 1. The minimum absolute atomic E-state index is 0.0323. The molecule has 7 heteroatoms. The lowest BCUT2D eigenvalue weighted by molar-refractivity contribution is -0.154. The van der Waals surface area contributed by atoms with Crippen LogP contribution in [0.3, 0.4) is 0 Å². The van der Waals surface area contributed by atoms with Crippen LogP contribution in [0.1, 0.15) is 17.8 Å². The molecule has 1 aliphatic heterocycles. The molecule has 1 aromatic rings. The van der Waals surface area contributed by atoms with Gasteiger partial charge in [0.05, 0.1) is 32.9 Å². The van der Waals surface area contributed by atoms with E-state index in [1.165, 1.54) is 7.11 Å². The molecule has 2 atom stereocenters. The number of hydrogen-bond donors (Lipinski definition) is 1. The number of hydrogen-bond acceptors (Lipinski definition) is 6. The lowest BCUT2D eigenvalue weighted by atomic mass is 10.2. The highest BCUT2D eigenvalue weighted by Gasteiger charge is 2.31. The number of carbonyl (C=O) groups is 2. The van der Waals surface area contributed by atoms with E-state index in [1.54, 1.807) is 16.2 Å². The lowest BCUT2D eigenvalue weighted by Crippen LogP contribution is -2.53. The molecule has 1 saturated heterocycles. The number of nitrogens with zero attached hydrogens (tertiary/aromatic N) is 1. The Morgan fingerprint density at radius 2 is 2.43 bits per heavy atom. The molecule has 1 amide bonds. The summed E-state index contributed by atoms with van der Waals surface area (Å²) in [6, 6.07) is 3.40. The Kier molecular flexibility index (Phi) is 5.72. The molecule has 116 valence electrons. The zero-order valence-corrected chi connectivity index (χ0v) is 13.0. The molecule has 0 bridgehead atoms. The van der Waals surface area contributed by atoms with Gasteiger partial charge < -0.3 is 14.8 Å². The average molecular weight is 312 g/mol. The Morgan fingerprint density at radius 3 is 3.10 bits per heavy atom. The lowest BCUT2D eigenvalue weighted by Gasteiger charge is -2.33. The molecule has 0 spiro atoms. The van der Waals surface area contributed by atoms with E-state index in [0.717, 1.165) is 4.88 Å². The third-order valence-electron chi connectivity index (χ3n) is 3.41. The Hall–Kier alpha value is -1.44. The molecule has 1 fully saturated rings. The number of morpholine rings is 1. The fraction of sp³-hybridized carbons (Fsp3) is 0.571. The van der Waals surface area contributed by atoms with Gasteiger partial charge in [0.2, 0.25) is 5.91 Å². The van der Waals surface area contributed by atoms with Crippen LogP contribution in [0.15, 0.2) is 17.5 Å². The topological polar surface area (TPSA) is 67.9 Å². The number of methoxy groups -OCH3 is 1. The van der Waals surface area contributed by atoms with Crippen molar-refractivity contribution >= 4 is 23.2 Å². The monoisotopic (exact) mass is 312 g/mol. The summed E-state index contributed by atoms with van der Waals surface area (Å²) < 4.78 is 10.0. The first kappa shape index (κ1) is 15.9. The smallest absolute Gasteiger partial charge is 0.325 e. The van der Waals surface area contributed by atoms with Gasteiger partial charge in [-0.05, 0) is 18.4 Å². The summed E-state index contributed by atoms with van der Waals surface area (Å²) in [5, 5.41) is 4.92. The van der Waals surface area contributed by atoms with E-state index in [9.17, 15) is 9.59 Å². The van der Waals surface area contributed by atoms with E-state index in [1.807, 2.05) is 24.4 Å². The highest BCUT2D eigenvalue weighted by molar-refractivity contribution is 7.10. The minimum atomic E-state index is -0.508. The number of rotatable bonds is 5. The first-order chi connectivity index (χ1) is 10.1. The van der Waals surface area contributed by atoms with Crippen LogP contribution in [-0.2, 0) is 19.1 Å². The molecule has 1 aliphatic rings. The quantitative estimate of drug-likeness (QED) is 0.815. The van der Waals surface area contributed by atoms with Crippen molar-refractivity contribution in [3.05, 3.63) is 22.4 Å². The van der Waals surface area contributed by atoms with E-state index >= 15 is 0 Å². The van der Waals surface area contributed by atoms with Crippen LogP contribution in [0.4, 0.5) is 0 Å². The molecule has 6 nitrogen and oxygen atoms in total. The molecule has 0 saturated carbocycles. The van der Waals surface area contributed by atoms with Crippen molar-refractivity contribution in [2.45, 2.75) is 19.0 Å². The van der Waals surface area contributed by atoms with Crippen LogP contribution in [0.2, 0.25) is 0 Å². The van der Waals surface area contributed by atoms with E-state index < -0.39 is 6.04 Å². The molecule has 0 radical (unpaired) electrons. The second-order valence-electron chi connectivity index (χ2n) is 4.89.